The molecule has 0 radical (unpaired) electrons. The lowest BCUT2D eigenvalue weighted by Crippen LogP contribution is -2.41. The first-order valence-electron chi connectivity index (χ1n) is 7.11. The molecule has 2 rings (SSSR count). The zero-order valence-corrected chi connectivity index (χ0v) is 12.5. The molecule has 1 fully saturated rings. The fourth-order valence-corrected chi connectivity index (χ4v) is 2.73. The van der Waals surface area contributed by atoms with Gasteiger partial charge in [-0.3, -0.25) is 9.78 Å². The molecule has 0 aromatic carbocycles. The molecule has 0 saturated carbocycles. The second kappa shape index (κ2) is 6.67. The number of hydrogen-bond acceptors (Lipinski definition) is 4. The van der Waals surface area contributed by atoms with Crippen molar-refractivity contribution in [2.45, 2.75) is 12.8 Å². The molecule has 1 aliphatic rings. The van der Waals surface area contributed by atoms with Crippen LogP contribution < -0.4 is 0 Å². The van der Waals surface area contributed by atoms with Crippen molar-refractivity contribution in [1.82, 2.24) is 14.8 Å². The van der Waals surface area contributed by atoms with Crippen molar-refractivity contribution in [1.29, 1.82) is 0 Å². The molecule has 1 saturated heterocycles. The maximum absolute atomic E-state index is 12.4. The van der Waals surface area contributed by atoms with Gasteiger partial charge in [-0.15, -0.1) is 0 Å². The van der Waals surface area contributed by atoms with Gasteiger partial charge in [-0.25, -0.2) is 4.79 Å². The summed E-state index contributed by atoms with van der Waals surface area (Å²) < 4.78 is 0. The van der Waals surface area contributed by atoms with Crippen LogP contribution in [0.1, 0.15) is 33.7 Å². The zero-order valence-electron chi connectivity index (χ0n) is 12.5. The predicted octanol–water partition coefficient (Wildman–Crippen LogP) is 1.19. The summed E-state index contributed by atoms with van der Waals surface area (Å²) in [6.07, 6.45) is 3.34. The van der Waals surface area contributed by atoms with E-state index in [1.54, 1.807) is 4.90 Å². The van der Waals surface area contributed by atoms with Gasteiger partial charge in [0.15, 0.2) is 0 Å². The molecule has 0 aliphatic carbocycles. The minimum absolute atomic E-state index is 0.0297. The molecule has 0 spiro atoms. The van der Waals surface area contributed by atoms with E-state index in [-0.39, 0.29) is 17.2 Å². The summed E-state index contributed by atoms with van der Waals surface area (Å²) in [5.74, 6) is -0.808. The van der Waals surface area contributed by atoms with Crippen LogP contribution in [0.15, 0.2) is 18.3 Å². The molecule has 0 atom stereocenters. The highest BCUT2D eigenvalue weighted by atomic mass is 16.4. The second-order valence-electron chi connectivity index (χ2n) is 5.70. The van der Waals surface area contributed by atoms with Crippen LogP contribution in [0.2, 0.25) is 0 Å². The second-order valence-corrected chi connectivity index (χ2v) is 5.70. The minimum atomic E-state index is -1.12. The van der Waals surface area contributed by atoms with E-state index in [0.717, 1.165) is 19.4 Å². The number of nitrogens with zero attached hydrogens (tertiary/aromatic N) is 3. The monoisotopic (exact) mass is 291 g/mol. The molecule has 1 aliphatic heterocycles. The van der Waals surface area contributed by atoms with Crippen LogP contribution in [0.3, 0.4) is 0 Å². The van der Waals surface area contributed by atoms with Crippen molar-refractivity contribution < 1.29 is 14.7 Å². The minimum Gasteiger partial charge on any atom is -0.478 e. The summed E-state index contributed by atoms with van der Waals surface area (Å²) in [4.78, 5) is 31.4. The molecule has 6 nitrogen and oxygen atoms in total. The van der Waals surface area contributed by atoms with Gasteiger partial charge in [0, 0.05) is 25.8 Å². The molecule has 6 heteroatoms. The summed E-state index contributed by atoms with van der Waals surface area (Å²) in [6.45, 7) is 2.34. The Morgan fingerprint density at radius 2 is 2.05 bits per heavy atom. The number of carboxylic acids is 1. The highest BCUT2D eigenvalue weighted by Gasteiger charge is 2.27. The van der Waals surface area contributed by atoms with Crippen LogP contribution in [0, 0.1) is 5.92 Å². The lowest BCUT2D eigenvalue weighted by molar-refractivity contribution is 0.0638. The van der Waals surface area contributed by atoms with Crippen molar-refractivity contribution in [2.24, 2.45) is 5.92 Å². The SMILES string of the molecule is CN(C)CC1CCN(C(=O)c2ncccc2C(=O)O)CC1. The lowest BCUT2D eigenvalue weighted by atomic mass is 9.96. The van der Waals surface area contributed by atoms with E-state index in [1.807, 2.05) is 14.1 Å². The summed E-state index contributed by atoms with van der Waals surface area (Å²) in [5, 5.41) is 9.14. The molecule has 1 aromatic heterocycles. The number of amides is 1. The molecular weight excluding hydrogens is 270 g/mol. The van der Waals surface area contributed by atoms with E-state index in [9.17, 15) is 9.59 Å². The lowest BCUT2D eigenvalue weighted by Gasteiger charge is -2.33. The quantitative estimate of drug-likeness (QED) is 0.902. The fraction of sp³-hybridized carbons (Fsp3) is 0.533. The molecule has 1 aromatic rings. The molecule has 0 unspecified atom stereocenters. The van der Waals surface area contributed by atoms with Gasteiger partial charge in [-0.2, -0.15) is 0 Å². The number of aromatic nitrogens is 1. The molecular formula is C15H21N3O3. The molecule has 1 N–H and O–H groups in total. The Balaban J connectivity index is 2.04. The normalized spacial score (nSPS) is 16.2. The van der Waals surface area contributed by atoms with Gasteiger partial charge in [-0.1, -0.05) is 0 Å². The van der Waals surface area contributed by atoms with Gasteiger partial charge in [-0.05, 0) is 45.0 Å². The molecule has 1 amide bonds. The van der Waals surface area contributed by atoms with Gasteiger partial charge in [0.1, 0.15) is 5.69 Å². The standard InChI is InChI=1S/C15H21N3O3/c1-17(2)10-11-5-8-18(9-6-11)14(19)13-12(15(20)21)4-3-7-16-13/h3-4,7,11H,5-6,8-10H2,1-2H3,(H,20,21). The summed E-state index contributed by atoms with van der Waals surface area (Å²) in [5.41, 5.74) is 0.00831. The van der Waals surface area contributed by atoms with Crippen LogP contribution in [0.5, 0.6) is 0 Å². The first-order chi connectivity index (χ1) is 9.99. The third kappa shape index (κ3) is 3.78. The van der Waals surface area contributed by atoms with Crippen LogP contribution in [0.4, 0.5) is 0 Å². The van der Waals surface area contributed by atoms with Crippen LogP contribution >= 0.6 is 0 Å². The first-order valence-corrected chi connectivity index (χ1v) is 7.11. The number of carbonyl (C=O) groups excluding carboxylic acids is 1. The van der Waals surface area contributed by atoms with Crippen molar-refractivity contribution in [3.05, 3.63) is 29.6 Å². The van der Waals surface area contributed by atoms with E-state index < -0.39 is 5.97 Å². The summed E-state index contributed by atoms with van der Waals surface area (Å²) in [7, 11) is 4.09. The van der Waals surface area contributed by atoms with Gasteiger partial charge < -0.3 is 14.9 Å². The Hall–Kier alpha value is -1.95. The Labute approximate surface area is 124 Å². The van der Waals surface area contributed by atoms with Crippen molar-refractivity contribution in [3.63, 3.8) is 0 Å². The Morgan fingerprint density at radius 1 is 1.38 bits per heavy atom. The Kier molecular flexibility index (Phi) is 4.90. The van der Waals surface area contributed by atoms with E-state index in [4.69, 9.17) is 5.11 Å². The summed E-state index contributed by atoms with van der Waals surface area (Å²) in [6, 6.07) is 2.95. The first kappa shape index (κ1) is 15.4. The number of hydrogen-bond donors (Lipinski definition) is 1. The predicted molar refractivity (Wildman–Crippen MR) is 78.4 cm³/mol. The highest BCUT2D eigenvalue weighted by Crippen LogP contribution is 2.20. The van der Waals surface area contributed by atoms with Gasteiger partial charge >= 0.3 is 5.97 Å². The number of piperidine rings is 1. The topological polar surface area (TPSA) is 73.7 Å². The van der Waals surface area contributed by atoms with Gasteiger partial charge in [0.2, 0.25) is 0 Å². The van der Waals surface area contributed by atoms with E-state index in [1.165, 1.54) is 18.3 Å². The van der Waals surface area contributed by atoms with Gasteiger partial charge in [0.25, 0.3) is 5.91 Å². The average molecular weight is 291 g/mol. The van der Waals surface area contributed by atoms with E-state index in [0.29, 0.717) is 19.0 Å². The van der Waals surface area contributed by atoms with Crippen molar-refractivity contribution in [2.75, 3.05) is 33.7 Å². The smallest absolute Gasteiger partial charge is 0.338 e. The Morgan fingerprint density at radius 3 is 2.62 bits per heavy atom. The third-order valence-corrected chi connectivity index (χ3v) is 3.77. The number of pyridine rings is 1. The van der Waals surface area contributed by atoms with Crippen LogP contribution in [-0.2, 0) is 0 Å². The van der Waals surface area contributed by atoms with E-state index in [2.05, 4.69) is 9.88 Å². The van der Waals surface area contributed by atoms with Crippen LogP contribution in [-0.4, -0.2) is 65.5 Å². The van der Waals surface area contributed by atoms with Crippen molar-refractivity contribution in [3.8, 4) is 0 Å². The fourth-order valence-electron chi connectivity index (χ4n) is 2.73. The number of rotatable bonds is 4. The number of carboxylic acid groups (broad SMARTS) is 1. The average Bonchev–Trinajstić information content (AvgIpc) is 2.46. The summed E-state index contributed by atoms with van der Waals surface area (Å²) >= 11 is 0. The molecule has 2 heterocycles. The molecule has 114 valence electrons. The van der Waals surface area contributed by atoms with Gasteiger partial charge in [0.05, 0.1) is 5.56 Å². The maximum Gasteiger partial charge on any atom is 0.338 e. The number of likely N-dealkylation sites (tertiary alicyclic amines) is 1. The highest BCUT2D eigenvalue weighted by molar-refractivity contribution is 6.03. The Bertz CT molecular complexity index is 523. The largest absolute Gasteiger partial charge is 0.478 e. The number of aromatic carboxylic acids is 1. The molecule has 21 heavy (non-hydrogen) atoms. The van der Waals surface area contributed by atoms with E-state index >= 15 is 0 Å². The maximum atomic E-state index is 12.4. The zero-order chi connectivity index (χ0) is 15.4. The molecule has 0 bridgehead atoms. The third-order valence-electron chi connectivity index (χ3n) is 3.77. The van der Waals surface area contributed by atoms with Crippen LogP contribution in [0.25, 0.3) is 0 Å². The number of carbonyl (C=O) groups is 2. The van der Waals surface area contributed by atoms with Crippen molar-refractivity contribution >= 4 is 11.9 Å².